The van der Waals surface area contributed by atoms with Crippen LogP contribution in [0.2, 0.25) is 0 Å². The molecule has 0 radical (unpaired) electrons. The van der Waals surface area contributed by atoms with Gasteiger partial charge in [-0.25, -0.2) is 0 Å². The molecule has 0 aromatic rings. The molecule has 0 bridgehead atoms. The molecule has 2 N–H and O–H groups in total. The maximum atomic E-state index is 9.64. The van der Waals surface area contributed by atoms with Crippen LogP contribution in [0.3, 0.4) is 0 Å². The van der Waals surface area contributed by atoms with Crippen LogP contribution in [0.15, 0.2) is 0 Å². The van der Waals surface area contributed by atoms with Crippen molar-refractivity contribution in [3.63, 3.8) is 0 Å². The van der Waals surface area contributed by atoms with Gasteiger partial charge >= 0.3 is 0 Å². The lowest BCUT2D eigenvalue weighted by Gasteiger charge is -2.39. The normalized spacial score (nSPS) is 20.2. The highest BCUT2D eigenvalue weighted by atomic mass is 16.3. The van der Waals surface area contributed by atoms with Gasteiger partial charge < -0.3 is 15.1 Å². The zero-order chi connectivity index (χ0) is 11.9. The average Bonchev–Trinajstić information content (AvgIpc) is 2.35. The zero-order valence-electron chi connectivity index (χ0n) is 10.6. The predicted molar refractivity (Wildman–Crippen MR) is 66.4 cm³/mol. The van der Waals surface area contributed by atoms with Gasteiger partial charge in [-0.3, -0.25) is 0 Å². The molecule has 0 atom stereocenters. The van der Waals surface area contributed by atoms with Crippen LogP contribution in [-0.2, 0) is 0 Å². The minimum atomic E-state index is 0.143. The van der Waals surface area contributed by atoms with E-state index < -0.39 is 0 Å². The summed E-state index contributed by atoms with van der Waals surface area (Å²) in [6.07, 6.45) is 7.02. The maximum Gasteiger partial charge on any atom is 0.0499 e. The van der Waals surface area contributed by atoms with Gasteiger partial charge in [-0.1, -0.05) is 26.2 Å². The van der Waals surface area contributed by atoms with E-state index in [0.717, 1.165) is 26.1 Å². The molecule has 0 unspecified atom stereocenters. The van der Waals surface area contributed by atoms with E-state index in [-0.39, 0.29) is 12.0 Å². The predicted octanol–water partition coefficient (Wildman–Crippen LogP) is 1.63. The second-order valence-corrected chi connectivity index (χ2v) is 5.16. The molecule has 1 aliphatic rings. The molecule has 1 saturated carbocycles. The largest absolute Gasteiger partial charge is 0.396 e. The van der Waals surface area contributed by atoms with Crippen molar-refractivity contribution in [3.8, 4) is 0 Å². The molecule has 0 amide bonds. The van der Waals surface area contributed by atoms with Crippen molar-refractivity contribution in [3.05, 3.63) is 0 Å². The monoisotopic (exact) mass is 229 g/mol. The number of hydrogen-bond acceptors (Lipinski definition) is 3. The first-order valence-electron chi connectivity index (χ1n) is 6.70. The fraction of sp³-hybridized carbons (Fsp3) is 1.00. The second kappa shape index (κ2) is 7.25. The molecule has 0 spiro atoms. The van der Waals surface area contributed by atoms with Crippen molar-refractivity contribution in [1.82, 2.24) is 4.90 Å². The summed E-state index contributed by atoms with van der Waals surface area (Å²) in [5.74, 6) is 0. The van der Waals surface area contributed by atoms with Crippen LogP contribution in [0.25, 0.3) is 0 Å². The van der Waals surface area contributed by atoms with Crippen LogP contribution in [0, 0.1) is 5.41 Å². The molecule has 96 valence electrons. The van der Waals surface area contributed by atoms with Gasteiger partial charge in [0.2, 0.25) is 0 Å². The summed E-state index contributed by atoms with van der Waals surface area (Å²) in [4.78, 5) is 2.37. The highest BCUT2D eigenvalue weighted by Gasteiger charge is 2.32. The minimum absolute atomic E-state index is 0.143. The molecule has 1 fully saturated rings. The number of nitrogens with zero attached hydrogens (tertiary/aromatic N) is 1. The lowest BCUT2D eigenvalue weighted by atomic mass is 9.74. The molecule has 1 rings (SSSR count). The zero-order valence-corrected chi connectivity index (χ0v) is 10.6. The minimum Gasteiger partial charge on any atom is -0.396 e. The van der Waals surface area contributed by atoms with Gasteiger partial charge in [-0.05, 0) is 25.8 Å². The van der Waals surface area contributed by atoms with Gasteiger partial charge in [0.1, 0.15) is 0 Å². The Morgan fingerprint density at radius 2 is 1.81 bits per heavy atom. The van der Waals surface area contributed by atoms with Gasteiger partial charge in [0.15, 0.2) is 0 Å². The summed E-state index contributed by atoms with van der Waals surface area (Å²) < 4.78 is 0. The smallest absolute Gasteiger partial charge is 0.0499 e. The van der Waals surface area contributed by atoms with E-state index in [1.54, 1.807) is 0 Å². The van der Waals surface area contributed by atoms with Gasteiger partial charge in [0, 0.05) is 31.7 Å². The van der Waals surface area contributed by atoms with E-state index in [1.165, 1.54) is 32.1 Å². The Bertz CT molecular complexity index is 179. The number of rotatable bonds is 7. The number of aliphatic hydroxyl groups excluding tert-OH is 2. The van der Waals surface area contributed by atoms with Crippen LogP contribution >= 0.6 is 0 Å². The summed E-state index contributed by atoms with van der Waals surface area (Å²) in [5.41, 5.74) is 0.143. The third kappa shape index (κ3) is 4.04. The summed E-state index contributed by atoms with van der Waals surface area (Å²) in [6.45, 7) is 5.72. The lowest BCUT2D eigenvalue weighted by Crippen LogP contribution is -2.42. The molecule has 0 saturated heterocycles. The molecule has 0 aromatic carbocycles. The third-order valence-corrected chi connectivity index (χ3v) is 3.89. The van der Waals surface area contributed by atoms with Crippen molar-refractivity contribution < 1.29 is 10.2 Å². The first-order valence-corrected chi connectivity index (χ1v) is 6.70. The van der Waals surface area contributed by atoms with E-state index >= 15 is 0 Å². The summed E-state index contributed by atoms with van der Waals surface area (Å²) >= 11 is 0. The quantitative estimate of drug-likeness (QED) is 0.697. The van der Waals surface area contributed by atoms with E-state index in [1.807, 2.05) is 0 Å². The number of hydrogen-bond donors (Lipinski definition) is 2. The van der Waals surface area contributed by atoms with Crippen molar-refractivity contribution in [2.45, 2.75) is 45.4 Å². The fourth-order valence-corrected chi connectivity index (χ4v) is 2.79. The van der Waals surface area contributed by atoms with Crippen molar-refractivity contribution in [1.29, 1.82) is 0 Å². The summed E-state index contributed by atoms with van der Waals surface area (Å²) in [5, 5.41) is 18.5. The fourth-order valence-electron chi connectivity index (χ4n) is 2.79. The van der Waals surface area contributed by atoms with Gasteiger partial charge in [-0.15, -0.1) is 0 Å². The van der Waals surface area contributed by atoms with Crippen LogP contribution in [0.4, 0.5) is 0 Å². The van der Waals surface area contributed by atoms with E-state index in [0.29, 0.717) is 6.61 Å². The van der Waals surface area contributed by atoms with Crippen LogP contribution < -0.4 is 0 Å². The molecule has 1 aliphatic carbocycles. The average molecular weight is 229 g/mol. The topological polar surface area (TPSA) is 43.7 Å². The maximum absolute atomic E-state index is 9.64. The van der Waals surface area contributed by atoms with E-state index in [4.69, 9.17) is 5.11 Å². The van der Waals surface area contributed by atoms with E-state index in [2.05, 4.69) is 11.8 Å². The molecule has 0 aliphatic heterocycles. The Kier molecular flexibility index (Phi) is 6.32. The Morgan fingerprint density at radius 1 is 1.12 bits per heavy atom. The molecule has 0 heterocycles. The van der Waals surface area contributed by atoms with Gasteiger partial charge in [0.25, 0.3) is 0 Å². The Balaban J connectivity index is 2.45. The number of aliphatic hydroxyl groups is 2. The molecule has 3 heteroatoms. The SMILES string of the molecule is CCN(CCCO)CC1(CO)CCCCC1. The van der Waals surface area contributed by atoms with Crippen molar-refractivity contribution in [2.24, 2.45) is 5.41 Å². The molecule has 3 nitrogen and oxygen atoms in total. The van der Waals surface area contributed by atoms with Crippen molar-refractivity contribution in [2.75, 3.05) is 32.8 Å². The first-order chi connectivity index (χ1) is 7.76. The van der Waals surface area contributed by atoms with Crippen LogP contribution in [0.1, 0.15) is 45.4 Å². The molecule has 0 aromatic heterocycles. The Hall–Kier alpha value is -0.120. The highest BCUT2D eigenvalue weighted by molar-refractivity contribution is 4.85. The standard InChI is InChI=1S/C13H27NO2/c1-2-14(9-6-10-15)11-13(12-16)7-4-3-5-8-13/h15-16H,2-12H2,1H3. The summed E-state index contributed by atoms with van der Waals surface area (Å²) in [6, 6.07) is 0. The highest BCUT2D eigenvalue weighted by Crippen LogP contribution is 2.36. The Morgan fingerprint density at radius 3 is 2.31 bits per heavy atom. The van der Waals surface area contributed by atoms with E-state index in [9.17, 15) is 5.11 Å². The summed E-state index contributed by atoms with van der Waals surface area (Å²) in [7, 11) is 0. The molecular formula is C13H27NO2. The third-order valence-electron chi connectivity index (χ3n) is 3.89. The van der Waals surface area contributed by atoms with Gasteiger partial charge in [-0.2, -0.15) is 0 Å². The van der Waals surface area contributed by atoms with Crippen LogP contribution in [-0.4, -0.2) is 48.0 Å². The van der Waals surface area contributed by atoms with Gasteiger partial charge in [0.05, 0.1) is 0 Å². The van der Waals surface area contributed by atoms with Crippen LogP contribution in [0.5, 0.6) is 0 Å². The first kappa shape index (κ1) is 13.9. The van der Waals surface area contributed by atoms with Crippen molar-refractivity contribution >= 4 is 0 Å². The molecular weight excluding hydrogens is 202 g/mol. The second-order valence-electron chi connectivity index (χ2n) is 5.16. The lowest BCUT2D eigenvalue weighted by molar-refractivity contribution is 0.0402. The Labute approximate surface area is 99.5 Å². The molecule has 16 heavy (non-hydrogen) atoms.